The fourth-order valence-corrected chi connectivity index (χ4v) is 12.9. The number of aromatic nitrogens is 8. The molecule has 0 spiro atoms. The topological polar surface area (TPSA) is 248 Å². The molecule has 0 radical (unpaired) electrons. The molecule has 2 amide bonds. The van der Waals surface area contributed by atoms with Crippen LogP contribution in [0.3, 0.4) is 0 Å². The quantitative estimate of drug-likeness (QED) is 0.0377. The Morgan fingerprint density at radius 3 is 1.62 bits per heavy atom. The lowest BCUT2D eigenvalue weighted by molar-refractivity contribution is -0.0443. The monoisotopic (exact) mass is 1220 g/mol. The van der Waals surface area contributed by atoms with Crippen molar-refractivity contribution in [2.24, 2.45) is 0 Å². The fraction of sp³-hybridized carbons (Fsp3) is 0.544. The van der Waals surface area contributed by atoms with Crippen molar-refractivity contribution in [2.75, 3.05) is 57.4 Å². The summed E-state index contributed by atoms with van der Waals surface area (Å²) < 4.78 is 106. The summed E-state index contributed by atoms with van der Waals surface area (Å²) in [5, 5.41) is 11.9. The van der Waals surface area contributed by atoms with Crippen molar-refractivity contribution < 1.29 is 63.6 Å². The van der Waals surface area contributed by atoms with E-state index in [1.54, 1.807) is 54.6 Å². The molecule has 4 aromatic heterocycles. The number of halogens is 2. The predicted octanol–water partition coefficient (Wildman–Crippen LogP) is 10.0. The van der Waals surface area contributed by atoms with Crippen LogP contribution in [0.1, 0.15) is 119 Å². The van der Waals surface area contributed by atoms with Gasteiger partial charge >= 0.3 is 0 Å². The van der Waals surface area contributed by atoms with Crippen LogP contribution in [-0.2, 0) is 32.3 Å². The van der Waals surface area contributed by atoms with Crippen LogP contribution in [0.15, 0.2) is 98.6 Å². The minimum Gasteiger partial charge on any atom is -0.394 e. The summed E-state index contributed by atoms with van der Waals surface area (Å²) in [6.45, 7) is 21.6. The van der Waals surface area contributed by atoms with Crippen molar-refractivity contribution in [1.82, 2.24) is 48.4 Å². The number of amides is 2. The van der Waals surface area contributed by atoms with E-state index in [0.29, 0.717) is 11.1 Å². The standard InChI is InChI=1S/C27H36FN6O5P.C24H32FN6O5P.C4H8O.2CH4/c1-7-13-32(26(36)19-11-9-8-10-12-19)24-22-25(30-15-29-24)33(16-31-22)27-21(28)23(20(14-35)38-27)39-40(37-6)34(17(2)3)18(4)5;1-14(2)31(15(3)4)37(34-5)36-20-17(11-32)35-24(18(20)25)30-13-28-19-21(26-12-27-22(19)30)29-23(33)16-9-7-6-8-10-16;1-2-4-5-3-1;;/h7-12,15-18,20-21,23,27,35H,1,13-14H2,2-6H3;6-10,12-15,17-18,20,24,32H,11H2,1-5H3,(H,26,27,29,33);1-4H2;2*1H4/t20-,21-,23-,27?,40?;17-,18-,20-,24?,37?;;;/m11.../s1/i35D;32D;;2*1T. The highest BCUT2D eigenvalue weighted by Crippen LogP contribution is 2.51. The Bertz CT molecular complexity index is 3010. The first-order chi connectivity index (χ1) is 42.5. The van der Waals surface area contributed by atoms with Crippen molar-refractivity contribution in [3.63, 3.8) is 0 Å². The molecule has 3 aliphatic rings. The van der Waals surface area contributed by atoms with Gasteiger partial charge in [0.2, 0.25) is 2.86 Å². The number of carbonyl (C=O) groups excluding carboxylic acids is 2. The lowest BCUT2D eigenvalue weighted by Crippen LogP contribution is -2.38. The van der Waals surface area contributed by atoms with Gasteiger partial charge in [0.05, 0.1) is 25.9 Å². The van der Waals surface area contributed by atoms with Gasteiger partial charge in [-0.05, 0) is 92.5 Å². The Kier molecular flexibility index (Phi) is 24.6. The summed E-state index contributed by atoms with van der Waals surface area (Å²) in [5.74, 6) is -0.228. The van der Waals surface area contributed by atoms with Crippen LogP contribution in [0.25, 0.3) is 22.3 Å². The third kappa shape index (κ3) is 16.1. The van der Waals surface area contributed by atoms with E-state index < -0.39 is 66.3 Å². The summed E-state index contributed by atoms with van der Waals surface area (Å²) in [6, 6.07) is 17.8. The molecule has 0 bridgehead atoms. The Labute approximate surface area is 499 Å². The summed E-state index contributed by atoms with van der Waals surface area (Å²) in [4.78, 5) is 53.3. The second-order valence-corrected chi connectivity index (χ2v) is 23.3. The average molecular weight is 1220 g/mol. The zero-order chi connectivity index (χ0) is 64.6. The molecule has 3 aliphatic heterocycles. The Morgan fingerprint density at radius 1 is 0.738 bits per heavy atom. The largest absolute Gasteiger partial charge is 0.394 e. The molecule has 6 aromatic rings. The normalized spacial score (nSPS) is 22.4. The number of aliphatic hydroxyl groups is 2. The van der Waals surface area contributed by atoms with Gasteiger partial charge in [-0.2, -0.15) is 0 Å². The number of nitrogens with zero attached hydrogens (tertiary/aromatic N) is 11. The first-order valence-electron chi connectivity index (χ1n) is 29.9. The average Bonchev–Trinajstić information content (AvgIpc) is 1.80. The van der Waals surface area contributed by atoms with Gasteiger partial charge in [-0.25, -0.2) is 48.0 Å². The molecule has 3 N–H and O–H groups in total. The van der Waals surface area contributed by atoms with Crippen LogP contribution in [0, 0.1) is 0 Å². The molecule has 7 heterocycles. The SMILES string of the molecule is C1CCOC1.[2H]OC[C@H]1OC(n2cnc3c(N(CC=C)C(=O)c4ccccc4)ncnc32)[C@H](F)[C@@H]1OP(OC)N(C(C)C)C(C)C.[2H]OC[C@H]1OC(n2cnc3c(NC(=O)c4ccccc4)ncnc32)[C@H](F)[C@@H]1OP(OC)N(C(C)C)C(C)C.[3H]C.[3H]C. The Balaban J connectivity index is 0.000000282. The first kappa shape index (κ1) is 63.0. The van der Waals surface area contributed by atoms with Crippen molar-refractivity contribution in [3.05, 3.63) is 110 Å². The number of hydrogen-bond donors (Lipinski definition) is 3. The van der Waals surface area contributed by atoms with Gasteiger partial charge in [0.15, 0.2) is 58.8 Å². The van der Waals surface area contributed by atoms with Gasteiger partial charge < -0.3 is 47.8 Å². The molecule has 27 heteroatoms. The number of anilines is 2. The molecule has 0 aliphatic carbocycles. The Hall–Kier alpha value is -5.50. The zero-order valence-corrected chi connectivity index (χ0v) is 51.6. The van der Waals surface area contributed by atoms with Gasteiger partial charge in [-0.1, -0.05) is 57.3 Å². The summed E-state index contributed by atoms with van der Waals surface area (Å²) in [5.41, 5.74) is 2.01. The maximum atomic E-state index is 16.2. The number of benzene rings is 2. The van der Waals surface area contributed by atoms with E-state index in [0.717, 1.165) is 13.2 Å². The van der Waals surface area contributed by atoms with E-state index in [2.05, 4.69) is 52.0 Å². The molecule has 4 unspecified atom stereocenters. The highest BCUT2D eigenvalue weighted by molar-refractivity contribution is 7.44. The van der Waals surface area contributed by atoms with E-state index in [1.165, 1.54) is 81.2 Å². The maximum absolute atomic E-state index is 16.2. The van der Waals surface area contributed by atoms with Crippen molar-refractivity contribution in [1.29, 1.82) is 2.86 Å². The van der Waals surface area contributed by atoms with Gasteiger partial charge in [0, 0.05) is 72.0 Å². The number of nitrogens with one attached hydrogen (secondary N) is 1. The van der Waals surface area contributed by atoms with Gasteiger partial charge in [0.1, 0.15) is 37.1 Å². The van der Waals surface area contributed by atoms with E-state index in [9.17, 15) is 9.59 Å². The van der Waals surface area contributed by atoms with Crippen LogP contribution in [0.5, 0.6) is 0 Å². The predicted molar refractivity (Wildman–Crippen MR) is 320 cm³/mol. The van der Waals surface area contributed by atoms with Crippen molar-refractivity contribution in [3.8, 4) is 0 Å². The van der Waals surface area contributed by atoms with Crippen LogP contribution < -0.4 is 10.2 Å². The lowest BCUT2D eigenvalue weighted by Gasteiger charge is -2.36. The minimum absolute atomic E-state index is 0.0768. The zero-order valence-electron chi connectivity index (χ0n) is 53.8. The number of rotatable bonds is 24. The number of imidazole rings is 2. The molecule has 10 atom stereocenters. The third-order valence-electron chi connectivity index (χ3n) is 13.3. The van der Waals surface area contributed by atoms with Crippen molar-refractivity contribution >= 4 is 62.8 Å². The van der Waals surface area contributed by atoms with E-state index in [4.69, 9.17) is 37.9 Å². The second kappa shape index (κ2) is 32.9. The van der Waals surface area contributed by atoms with E-state index in [-0.39, 0.29) is 89.7 Å². The third-order valence-corrected chi connectivity index (χ3v) is 17.3. The molecular weight excluding hydrogens is 1130 g/mol. The molecule has 9 rings (SSSR count). The van der Waals surface area contributed by atoms with Crippen LogP contribution in [-0.4, -0.2) is 181 Å². The van der Waals surface area contributed by atoms with E-state index >= 15 is 8.78 Å². The molecule has 84 heavy (non-hydrogen) atoms. The van der Waals surface area contributed by atoms with Crippen LogP contribution in [0.4, 0.5) is 20.4 Å². The number of carbonyl (C=O) groups is 2. The minimum atomic E-state index is -1.68. The number of alkyl halides is 2. The number of ether oxygens (including phenoxy) is 3. The summed E-state index contributed by atoms with van der Waals surface area (Å²) >= 11 is 0. The molecule has 462 valence electrons. The fourth-order valence-electron chi connectivity index (χ4n) is 9.66. The van der Waals surface area contributed by atoms with Crippen LogP contribution >= 0.6 is 17.1 Å². The number of aliphatic hydroxyl groups excluding tert-OH is 2. The molecule has 3 saturated heterocycles. The maximum Gasteiger partial charge on any atom is 0.259 e. The summed E-state index contributed by atoms with van der Waals surface area (Å²) in [6.07, 6.45) is -0.181. The smallest absolute Gasteiger partial charge is 0.259 e. The summed E-state index contributed by atoms with van der Waals surface area (Å²) in [7, 11) is 2.27. The lowest BCUT2D eigenvalue weighted by atomic mass is 10.1. The number of hydrogen-bond acceptors (Lipinski definition) is 19. The van der Waals surface area contributed by atoms with Crippen LogP contribution in [0.2, 0.25) is 0 Å². The highest BCUT2D eigenvalue weighted by Gasteiger charge is 2.51. The Morgan fingerprint density at radius 2 is 1.19 bits per heavy atom. The molecule has 0 saturated carbocycles. The molecule has 3 fully saturated rings. The van der Waals surface area contributed by atoms with Gasteiger partial charge in [-0.15, -0.1) is 6.58 Å². The van der Waals surface area contributed by atoms with E-state index in [1.807, 2.05) is 76.9 Å². The second-order valence-electron chi connectivity index (χ2n) is 20.2. The molecule has 23 nitrogen and oxygen atoms in total. The molecular formula is C57H84F2N12O11P2. The van der Waals surface area contributed by atoms with Crippen molar-refractivity contribution in [2.45, 2.75) is 156 Å². The first-order valence-corrected chi connectivity index (χ1v) is 29.4. The number of fused-ring (bicyclic) bond motifs is 2. The highest BCUT2D eigenvalue weighted by atomic mass is 31.2. The van der Waals surface area contributed by atoms with Gasteiger partial charge in [0.25, 0.3) is 28.9 Å². The van der Waals surface area contributed by atoms with Gasteiger partial charge in [-0.3, -0.25) is 23.6 Å². The molecule has 2 aromatic carbocycles.